The van der Waals surface area contributed by atoms with Gasteiger partial charge in [0.15, 0.2) is 6.10 Å². The maximum Gasteiger partial charge on any atom is 0.416 e. The summed E-state index contributed by atoms with van der Waals surface area (Å²) in [5, 5.41) is 2.52. The number of benzene rings is 2. The van der Waals surface area contributed by atoms with E-state index in [2.05, 4.69) is 5.32 Å². The highest BCUT2D eigenvalue weighted by Crippen LogP contribution is 2.29. The van der Waals surface area contributed by atoms with Gasteiger partial charge in [-0.3, -0.25) is 4.79 Å². The van der Waals surface area contributed by atoms with E-state index in [-0.39, 0.29) is 13.0 Å². The maximum absolute atomic E-state index is 12.7. The number of fused-ring (bicyclic) bond motifs is 1. The van der Waals surface area contributed by atoms with Crippen LogP contribution < -0.4 is 5.32 Å². The van der Waals surface area contributed by atoms with E-state index in [0.29, 0.717) is 16.7 Å². The van der Waals surface area contributed by atoms with Crippen LogP contribution in [0.1, 0.15) is 27.0 Å². The number of rotatable bonds is 3. The fourth-order valence-corrected chi connectivity index (χ4v) is 2.64. The average Bonchev–Trinajstić information content (AvgIpc) is 2.59. The lowest BCUT2D eigenvalue weighted by Gasteiger charge is -2.23. The first kappa shape index (κ1) is 17.0. The molecule has 1 N–H and O–H groups in total. The van der Waals surface area contributed by atoms with Gasteiger partial charge in [-0.15, -0.1) is 0 Å². The molecule has 0 aromatic heterocycles. The quantitative estimate of drug-likeness (QED) is 0.867. The van der Waals surface area contributed by atoms with Crippen molar-refractivity contribution in [3.63, 3.8) is 0 Å². The highest BCUT2D eigenvalue weighted by atomic mass is 19.4. The Balaban J connectivity index is 1.65. The smallest absolute Gasteiger partial charge is 0.416 e. The van der Waals surface area contributed by atoms with E-state index in [1.54, 1.807) is 24.3 Å². The van der Waals surface area contributed by atoms with Crippen molar-refractivity contribution < 1.29 is 27.5 Å². The monoisotopic (exact) mass is 349 g/mol. The molecule has 2 aromatic rings. The zero-order chi connectivity index (χ0) is 18.0. The van der Waals surface area contributed by atoms with Gasteiger partial charge >= 0.3 is 12.1 Å². The third-order valence-electron chi connectivity index (χ3n) is 3.91. The van der Waals surface area contributed by atoms with Crippen LogP contribution in [0, 0.1) is 0 Å². The van der Waals surface area contributed by atoms with Gasteiger partial charge < -0.3 is 10.1 Å². The summed E-state index contributed by atoms with van der Waals surface area (Å²) in [4.78, 5) is 24.1. The summed E-state index contributed by atoms with van der Waals surface area (Å²) in [6.45, 7) is -0.0849. The van der Waals surface area contributed by atoms with Crippen LogP contribution in [-0.4, -0.2) is 18.0 Å². The van der Waals surface area contributed by atoms with Crippen LogP contribution in [0.5, 0.6) is 0 Å². The second-order valence-corrected chi connectivity index (χ2v) is 5.67. The van der Waals surface area contributed by atoms with Gasteiger partial charge in [0.1, 0.15) is 0 Å². The maximum atomic E-state index is 12.7. The Morgan fingerprint density at radius 2 is 1.92 bits per heavy atom. The van der Waals surface area contributed by atoms with Crippen molar-refractivity contribution in [2.75, 3.05) is 0 Å². The topological polar surface area (TPSA) is 55.4 Å². The molecule has 0 radical (unpaired) electrons. The molecule has 3 rings (SSSR count). The van der Waals surface area contributed by atoms with Crippen LogP contribution in [0.3, 0.4) is 0 Å². The number of amides is 1. The van der Waals surface area contributed by atoms with Crippen LogP contribution in [0.25, 0.3) is 0 Å². The molecule has 0 spiro atoms. The molecule has 25 heavy (non-hydrogen) atoms. The Hall–Kier alpha value is -2.83. The lowest BCUT2D eigenvalue weighted by atomic mass is 9.98. The summed E-state index contributed by atoms with van der Waals surface area (Å²) in [7, 11) is 0. The number of cyclic esters (lactones) is 1. The summed E-state index contributed by atoms with van der Waals surface area (Å²) in [5.74, 6) is -1.12. The Morgan fingerprint density at radius 1 is 1.16 bits per heavy atom. The van der Waals surface area contributed by atoms with Crippen LogP contribution in [0.4, 0.5) is 13.2 Å². The molecule has 0 aliphatic carbocycles. The first-order valence-electron chi connectivity index (χ1n) is 7.57. The minimum absolute atomic E-state index is 0.0849. The van der Waals surface area contributed by atoms with Crippen molar-refractivity contribution in [2.45, 2.75) is 25.2 Å². The second-order valence-electron chi connectivity index (χ2n) is 5.67. The molecule has 1 unspecified atom stereocenters. The number of nitrogens with one attached hydrogen (secondary N) is 1. The van der Waals surface area contributed by atoms with Crippen molar-refractivity contribution in [1.82, 2.24) is 5.32 Å². The molecule has 1 aliphatic heterocycles. The molecule has 7 heteroatoms. The highest BCUT2D eigenvalue weighted by molar-refractivity contribution is 5.95. The number of ether oxygens (including phenoxy) is 1. The zero-order valence-electron chi connectivity index (χ0n) is 13.0. The number of carbonyl (C=O) groups excluding carboxylic acids is 2. The predicted molar refractivity (Wildman–Crippen MR) is 82.6 cm³/mol. The standard InChI is InChI=1S/C18H14F3NO3/c19-18(20,21)13-6-3-4-11(8-13)10-22-16(23)15-9-12-5-1-2-7-14(12)17(24)25-15/h1-8,15H,9-10H2,(H,22,23). The summed E-state index contributed by atoms with van der Waals surface area (Å²) >= 11 is 0. The molecular formula is C18H14F3NO3. The van der Waals surface area contributed by atoms with Gasteiger partial charge in [-0.2, -0.15) is 13.2 Å². The van der Waals surface area contributed by atoms with Crippen molar-refractivity contribution in [3.05, 3.63) is 70.8 Å². The molecule has 1 heterocycles. The lowest BCUT2D eigenvalue weighted by Crippen LogP contribution is -2.41. The Morgan fingerprint density at radius 3 is 2.68 bits per heavy atom. The van der Waals surface area contributed by atoms with Gasteiger partial charge in [-0.25, -0.2) is 4.79 Å². The van der Waals surface area contributed by atoms with Gasteiger partial charge in [0.25, 0.3) is 5.91 Å². The minimum atomic E-state index is -4.44. The van der Waals surface area contributed by atoms with Crippen LogP contribution in [-0.2, 0) is 28.7 Å². The van der Waals surface area contributed by atoms with Gasteiger partial charge in [0.2, 0.25) is 0 Å². The van der Waals surface area contributed by atoms with E-state index in [1.165, 1.54) is 12.1 Å². The number of halogens is 3. The summed E-state index contributed by atoms with van der Waals surface area (Å²) in [5.41, 5.74) is 0.658. The number of esters is 1. The molecule has 1 amide bonds. The molecule has 2 aromatic carbocycles. The Kier molecular flexibility index (Phi) is 4.48. The van der Waals surface area contributed by atoms with Gasteiger partial charge in [0.05, 0.1) is 11.1 Å². The van der Waals surface area contributed by atoms with E-state index in [0.717, 1.165) is 12.1 Å². The first-order chi connectivity index (χ1) is 11.8. The molecule has 1 atom stereocenters. The molecule has 0 bridgehead atoms. The van der Waals surface area contributed by atoms with E-state index in [4.69, 9.17) is 4.74 Å². The van der Waals surface area contributed by atoms with Gasteiger partial charge in [-0.05, 0) is 29.3 Å². The fraction of sp³-hybridized carbons (Fsp3) is 0.222. The highest BCUT2D eigenvalue weighted by Gasteiger charge is 2.32. The summed E-state index contributed by atoms with van der Waals surface area (Å²) in [6.07, 6.45) is -5.20. The third kappa shape index (κ3) is 3.81. The Labute approximate surface area is 141 Å². The van der Waals surface area contributed by atoms with Gasteiger partial charge in [-0.1, -0.05) is 30.3 Å². The van der Waals surface area contributed by atoms with E-state index in [1.807, 2.05) is 0 Å². The van der Waals surface area contributed by atoms with Gasteiger partial charge in [0, 0.05) is 13.0 Å². The molecule has 0 saturated carbocycles. The van der Waals surface area contributed by atoms with E-state index >= 15 is 0 Å². The Bertz CT molecular complexity index is 817. The van der Waals surface area contributed by atoms with E-state index < -0.39 is 29.7 Å². The number of alkyl halides is 3. The average molecular weight is 349 g/mol. The third-order valence-corrected chi connectivity index (χ3v) is 3.91. The van der Waals surface area contributed by atoms with Crippen molar-refractivity contribution in [2.24, 2.45) is 0 Å². The number of hydrogen-bond donors (Lipinski definition) is 1. The molecule has 4 nitrogen and oxygen atoms in total. The van der Waals surface area contributed by atoms with Crippen LogP contribution in [0.2, 0.25) is 0 Å². The number of carbonyl (C=O) groups is 2. The van der Waals surface area contributed by atoms with Crippen molar-refractivity contribution in [1.29, 1.82) is 0 Å². The first-order valence-corrected chi connectivity index (χ1v) is 7.57. The normalized spacial score (nSPS) is 16.8. The van der Waals surface area contributed by atoms with Crippen molar-refractivity contribution >= 4 is 11.9 Å². The van der Waals surface area contributed by atoms with Crippen molar-refractivity contribution in [3.8, 4) is 0 Å². The zero-order valence-corrected chi connectivity index (χ0v) is 13.0. The van der Waals surface area contributed by atoms with Crippen LogP contribution in [0.15, 0.2) is 48.5 Å². The second kappa shape index (κ2) is 6.58. The summed E-state index contributed by atoms with van der Waals surface area (Å²) < 4.78 is 43.2. The molecule has 1 aliphatic rings. The molecule has 0 fully saturated rings. The molecule has 130 valence electrons. The SMILES string of the molecule is O=C1OC(C(=O)NCc2cccc(C(F)(F)F)c2)Cc2ccccc21. The van der Waals surface area contributed by atoms with E-state index in [9.17, 15) is 22.8 Å². The van der Waals surface area contributed by atoms with Crippen LogP contribution >= 0.6 is 0 Å². The molecule has 0 saturated heterocycles. The largest absolute Gasteiger partial charge is 0.448 e. The molecular weight excluding hydrogens is 335 g/mol. The summed E-state index contributed by atoms with van der Waals surface area (Å²) in [6, 6.07) is 11.5. The fourth-order valence-electron chi connectivity index (χ4n) is 2.64. The predicted octanol–water partition coefficient (Wildman–Crippen LogP) is 3.10. The minimum Gasteiger partial charge on any atom is -0.448 e. The lowest BCUT2D eigenvalue weighted by molar-refractivity contribution is -0.137. The number of hydrogen-bond acceptors (Lipinski definition) is 3.